The maximum absolute atomic E-state index is 13.0. The fraction of sp³-hybridized carbons (Fsp3) is 0.0435. The third-order valence-electron chi connectivity index (χ3n) is 4.48. The molecule has 0 aliphatic carbocycles. The number of carbonyl (C=O) groups is 1. The van der Waals surface area contributed by atoms with Gasteiger partial charge in [-0.15, -0.1) is 0 Å². The Morgan fingerprint density at radius 2 is 1.73 bits per heavy atom. The van der Waals surface area contributed by atoms with E-state index in [2.05, 4.69) is 20.6 Å². The Hall–Kier alpha value is -3.98. The van der Waals surface area contributed by atoms with Gasteiger partial charge in [-0.1, -0.05) is 17.7 Å². The van der Waals surface area contributed by atoms with Crippen LogP contribution in [0.15, 0.2) is 79.3 Å². The summed E-state index contributed by atoms with van der Waals surface area (Å²) in [6, 6.07) is 14.3. The van der Waals surface area contributed by atoms with Crippen molar-refractivity contribution in [1.82, 2.24) is 9.97 Å². The first-order valence-corrected chi connectivity index (χ1v) is 9.97. The second-order valence-corrected chi connectivity index (χ2v) is 7.29. The first-order valence-electron chi connectivity index (χ1n) is 9.60. The van der Waals surface area contributed by atoms with Crippen LogP contribution in [0.25, 0.3) is 11.3 Å². The number of hydrogen-bond donors (Lipinski definition) is 3. The summed E-state index contributed by atoms with van der Waals surface area (Å²) >= 11 is 5.60. The zero-order valence-electron chi connectivity index (χ0n) is 16.8. The lowest BCUT2D eigenvalue weighted by atomic mass is 10.2. The summed E-state index contributed by atoms with van der Waals surface area (Å²) in [6.07, 6.45) is 0.589. The first kappa shape index (κ1) is 22.2. The topological polar surface area (TPSA) is 79.0 Å². The van der Waals surface area contributed by atoms with Gasteiger partial charge in [-0.3, -0.25) is 4.98 Å². The zero-order valence-corrected chi connectivity index (χ0v) is 17.5. The van der Waals surface area contributed by atoms with Crippen LogP contribution >= 0.6 is 11.6 Å². The molecule has 0 atom stereocenters. The average Bonchev–Trinajstić information content (AvgIpc) is 3.30. The molecule has 0 aliphatic rings. The average molecular weight is 473 g/mol. The third kappa shape index (κ3) is 5.64. The van der Waals surface area contributed by atoms with Crippen LogP contribution in [0.1, 0.15) is 5.56 Å². The minimum absolute atomic E-state index is 0.0503. The number of ether oxygens (including phenoxy) is 1. The summed E-state index contributed by atoms with van der Waals surface area (Å²) in [5.74, 6) is 0.994. The van der Waals surface area contributed by atoms with Crippen LogP contribution in [0.4, 0.5) is 29.3 Å². The molecule has 4 rings (SSSR count). The number of rotatable bonds is 5. The van der Waals surface area contributed by atoms with E-state index in [4.69, 9.17) is 16.3 Å². The summed E-state index contributed by atoms with van der Waals surface area (Å²) in [7, 11) is 0. The van der Waals surface area contributed by atoms with E-state index in [9.17, 15) is 18.0 Å². The van der Waals surface area contributed by atoms with E-state index in [1.165, 1.54) is 6.07 Å². The number of alkyl halides is 3. The molecule has 2 heterocycles. The van der Waals surface area contributed by atoms with Crippen molar-refractivity contribution < 1.29 is 22.7 Å². The lowest BCUT2D eigenvalue weighted by Gasteiger charge is -2.13. The molecule has 4 aromatic rings. The molecule has 168 valence electrons. The summed E-state index contributed by atoms with van der Waals surface area (Å²) < 4.78 is 44.9. The summed E-state index contributed by atoms with van der Waals surface area (Å²) in [5.41, 5.74) is 0.932. The van der Waals surface area contributed by atoms with Crippen LogP contribution < -0.4 is 15.4 Å². The van der Waals surface area contributed by atoms with E-state index in [1.807, 2.05) is 12.3 Å². The number of urea groups is 1. The normalized spacial score (nSPS) is 11.2. The monoisotopic (exact) mass is 472 g/mol. The second-order valence-electron chi connectivity index (χ2n) is 6.88. The van der Waals surface area contributed by atoms with Gasteiger partial charge < -0.3 is 20.4 Å². The highest BCUT2D eigenvalue weighted by molar-refractivity contribution is 6.31. The fourth-order valence-corrected chi connectivity index (χ4v) is 3.23. The second kappa shape index (κ2) is 9.25. The molecule has 2 aromatic heterocycles. The SMILES string of the molecule is O=C(Nc1cccc(Oc2ccnc(-c3cc[nH]c3)c2)c1)Nc1ccc(Cl)c(C(F)(F)F)c1. The first-order chi connectivity index (χ1) is 15.8. The number of aromatic nitrogens is 2. The number of amides is 2. The van der Waals surface area contributed by atoms with Gasteiger partial charge in [-0.05, 0) is 42.5 Å². The van der Waals surface area contributed by atoms with Crippen LogP contribution in [0.3, 0.4) is 0 Å². The van der Waals surface area contributed by atoms with Crippen LogP contribution in [0.5, 0.6) is 11.5 Å². The Morgan fingerprint density at radius 1 is 0.970 bits per heavy atom. The van der Waals surface area contributed by atoms with E-state index in [1.54, 1.807) is 48.8 Å². The number of hydrogen-bond acceptors (Lipinski definition) is 3. The molecule has 2 amide bonds. The Bertz CT molecular complexity index is 1280. The Kier molecular flexibility index (Phi) is 6.23. The fourth-order valence-electron chi connectivity index (χ4n) is 3.00. The number of aromatic amines is 1. The molecular formula is C23H16ClF3N4O2. The van der Waals surface area contributed by atoms with E-state index in [0.29, 0.717) is 17.2 Å². The Labute approximate surface area is 191 Å². The van der Waals surface area contributed by atoms with Crippen molar-refractivity contribution >= 4 is 29.0 Å². The number of halogens is 4. The van der Waals surface area contributed by atoms with Crippen molar-refractivity contribution in [2.45, 2.75) is 6.18 Å². The van der Waals surface area contributed by atoms with E-state index >= 15 is 0 Å². The maximum Gasteiger partial charge on any atom is 0.417 e. The molecule has 0 saturated carbocycles. The summed E-state index contributed by atoms with van der Waals surface area (Å²) in [4.78, 5) is 19.6. The van der Waals surface area contributed by atoms with Crippen molar-refractivity contribution in [3.63, 3.8) is 0 Å². The maximum atomic E-state index is 13.0. The van der Waals surface area contributed by atoms with Crippen LogP contribution in [0.2, 0.25) is 5.02 Å². The number of H-pyrrole nitrogens is 1. The molecule has 10 heteroatoms. The van der Waals surface area contributed by atoms with Crippen molar-refractivity contribution in [2.24, 2.45) is 0 Å². The molecule has 33 heavy (non-hydrogen) atoms. The number of benzene rings is 2. The zero-order chi connectivity index (χ0) is 23.4. The smallest absolute Gasteiger partial charge is 0.417 e. The lowest BCUT2D eigenvalue weighted by molar-refractivity contribution is -0.137. The van der Waals surface area contributed by atoms with Gasteiger partial charge in [0.25, 0.3) is 0 Å². The molecule has 0 bridgehead atoms. The molecule has 2 aromatic carbocycles. The predicted molar refractivity (Wildman–Crippen MR) is 120 cm³/mol. The highest BCUT2D eigenvalue weighted by atomic mass is 35.5. The molecule has 0 saturated heterocycles. The highest BCUT2D eigenvalue weighted by Crippen LogP contribution is 2.36. The Morgan fingerprint density at radius 3 is 2.45 bits per heavy atom. The standard InChI is InChI=1S/C23H16ClF3N4O2/c24-20-5-4-16(11-19(20)23(25,26)27)31-22(32)30-15-2-1-3-17(10-15)33-18-7-9-29-21(12-18)14-6-8-28-13-14/h1-13,28H,(H2,30,31,32). The number of nitrogens with zero attached hydrogens (tertiary/aromatic N) is 1. The molecule has 0 unspecified atom stereocenters. The van der Waals surface area contributed by atoms with Gasteiger partial charge in [-0.2, -0.15) is 13.2 Å². The van der Waals surface area contributed by atoms with Crippen LogP contribution in [0, 0.1) is 0 Å². The minimum Gasteiger partial charge on any atom is -0.457 e. The van der Waals surface area contributed by atoms with Gasteiger partial charge in [0.1, 0.15) is 11.5 Å². The molecule has 0 spiro atoms. The minimum atomic E-state index is -4.63. The van der Waals surface area contributed by atoms with Gasteiger partial charge >= 0.3 is 12.2 Å². The van der Waals surface area contributed by atoms with Crippen LogP contribution in [-0.2, 0) is 6.18 Å². The van der Waals surface area contributed by atoms with Crippen molar-refractivity contribution in [3.05, 3.63) is 89.8 Å². The van der Waals surface area contributed by atoms with E-state index in [-0.39, 0.29) is 5.69 Å². The highest BCUT2D eigenvalue weighted by Gasteiger charge is 2.33. The Balaban J connectivity index is 1.44. The number of pyridine rings is 1. The van der Waals surface area contributed by atoms with Crippen molar-refractivity contribution in [2.75, 3.05) is 10.6 Å². The summed E-state index contributed by atoms with van der Waals surface area (Å²) in [6.45, 7) is 0. The largest absolute Gasteiger partial charge is 0.457 e. The molecule has 0 aliphatic heterocycles. The molecule has 0 radical (unpaired) electrons. The van der Waals surface area contributed by atoms with E-state index < -0.39 is 22.8 Å². The van der Waals surface area contributed by atoms with Gasteiger partial charge in [0.2, 0.25) is 0 Å². The van der Waals surface area contributed by atoms with Crippen LogP contribution in [-0.4, -0.2) is 16.0 Å². The predicted octanol–water partition coefficient (Wildman–Crippen LogP) is 7.19. The van der Waals surface area contributed by atoms with Crippen molar-refractivity contribution in [1.29, 1.82) is 0 Å². The number of anilines is 2. The molecule has 3 N–H and O–H groups in total. The summed E-state index contributed by atoms with van der Waals surface area (Å²) in [5, 5.41) is 4.47. The lowest BCUT2D eigenvalue weighted by Crippen LogP contribution is -2.20. The van der Waals surface area contributed by atoms with Crippen molar-refractivity contribution in [3.8, 4) is 22.8 Å². The molecular weight excluding hydrogens is 457 g/mol. The van der Waals surface area contributed by atoms with Gasteiger partial charge in [0.05, 0.1) is 16.3 Å². The van der Waals surface area contributed by atoms with Gasteiger partial charge in [-0.25, -0.2) is 4.79 Å². The number of nitrogens with one attached hydrogen (secondary N) is 3. The number of carbonyl (C=O) groups excluding carboxylic acids is 1. The molecule has 6 nitrogen and oxygen atoms in total. The van der Waals surface area contributed by atoms with Gasteiger partial charge in [0.15, 0.2) is 0 Å². The van der Waals surface area contributed by atoms with Gasteiger partial charge in [0, 0.05) is 47.7 Å². The van der Waals surface area contributed by atoms with E-state index in [0.717, 1.165) is 23.4 Å². The third-order valence-corrected chi connectivity index (χ3v) is 4.81. The molecule has 0 fully saturated rings. The quantitative estimate of drug-likeness (QED) is 0.288.